The SMILES string of the molecule is CCCN(CCC)C(=O)c1cc(C)cc(C(=O)N[C@@H](Cc2nccs2)[C@H](O)CNCc2cccc(OC)c2)c1. The summed E-state index contributed by atoms with van der Waals surface area (Å²) in [7, 11) is 1.63. The van der Waals surface area contributed by atoms with Crippen LogP contribution in [-0.4, -0.2) is 65.7 Å². The van der Waals surface area contributed by atoms with Gasteiger partial charge >= 0.3 is 0 Å². The number of rotatable bonds is 15. The number of amides is 2. The van der Waals surface area contributed by atoms with Crippen LogP contribution in [0, 0.1) is 6.92 Å². The van der Waals surface area contributed by atoms with Gasteiger partial charge in [0.1, 0.15) is 5.75 Å². The summed E-state index contributed by atoms with van der Waals surface area (Å²) >= 11 is 1.48. The molecule has 0 aliphatic heterocycles. The number of aliphatic hydroxyl groups excluding tert-OH is 1. The molecular formula is C30H40N4O4S. The zero-order valence-electron chi connectivity index (χ0n) is 23.3. The Morgan fingerprint density at radius 3 is 2.51 bits per heavy atom. The van der Waals surface area contributed by atoms with E-state index in [-0.39, 0.29) is 18.4 Å². The van der Waals surface area contributed by atoms with Gasteiger partial charge in [0.2, 0.25) is 0 Å². The Labute approximate surface area is 235 Å². The van der Waals surface area contributed by atoms with Crippen molar-refractivity contribution in [2.24, 2.45) is 0 Å². The molecule has 2 atom stereocenters. The first kappa shape index (κ1) is 30.3. The summed E-state index contributed by atoms with van der Waals surface area (Å²) in [5.74, 6) is 0.364. The highest BCUT2D eigenvalue weighted by Gasteiger charge is 2.24. The lowest BCUT2D eigenvalue weighted by Gasteiger charge is -2.25. The molecule has 3 aromatic rings. The molecule has 0 unspecified atom stereocenters. The topological polar surface area (TPSA) is 104 Å². The van der Waals surface area contributed by atoms with Crippen molar-refractivity contribution in [3.63, 3.8) is 0 Å². The molecule has 3 rings (SSSR count). The average molecular weight is 553 g/mol. The van der Waals surface area contributed by atoms with Crippen LogP contribution in [0.5, 0.6) is 5.75 Å². The molecule has 3 N–H and O–H groups in total. The van der Waals surface area contributed by atoms with Crippen LogP contribution >= 0.6 is 11.3 Å². The molecule has 8 nitrogen and oxygen atoms in total. The van der Waals surface area contributed by atoms with Crippen LogP contribution in [0.25, 0.3) is 0 Å². The first-order valence-electron chi connectivity index (χ1n) is 13.5. The van der Waals surface area contributed by atoms with Gasteiger partial charge in [-0.15, -0.1) is 11.3 Å². The number of ether oxygens (including phenoxy) is 1. The van der Waals surface area contributed by atoms with Gasteiger partial charge in [0, 0.05) is 55.3 Å². The molecule has 0 fully saturated rings. The molecule has 0 saturated heterocycles. The number of hydrogen-bond acceptors (Lipinski definition) is 7. The Kier molecular flexibility index (Phi) is 11.9. The van der Waals surface area contributed by atoms with Crippen LogP contribution in [0.15, 0.2) is 54.0 Å². The average Bonchev–Trinajstić information content (AvgIpc) is 3.45. The molecule has 39 heavy (non-hydrogen) atoms. The highest BCUT2D eigenvalue weighted by Crippen LogP contribution is 2.16. The van der Waals surface area contributed by atoms with Gasteiger partial charge in [-0.1, -0.05) is 26.0 Å². The standard InChI is InChI=1S/C30H40N4O4S/c1-5-11-34(12-6-2)30(37)24-15-21(3)14-23(17-24)29(36)33-26(18-28-32-10-13-39-28)27(35)20-31-19-22-8-7-9-25(16-22)38-4/h7-10,13-17,26-27,31,35H,5-6,11-12,18-20H2,1-4H3,(H,33,36)/t26-,27+/m0/s1. The minimum absolute atomic E-state index is 0.0717. The summed E-state index contributed by atoms with van der Waals surface area (Å²) in [6.45, 7) is 8.13. The fourth-order valence-corrected chi connectivity index (χ4v) is 5.12. The minimum Gasteiger partial charge on any atom is -0.497 e. The summed E-state index contributed by atoms with van der Waals surface area (Å²) in [5.41, 5.74) is 2.75. The lowest BCUT2D eigenvalue weighted by atomic mass is 10.0. The van der Waals surface area contributed by atoms with Crippen molar-refractivity contribution < 1.29 is 19.4 Å². The van der Waals surface area contributed by atoms with Crippen molar-refractivity contribution in [2.75, 3.05) is 26.7 Å². The number of aromatic nitrogens is 1. The highest BCUT2D eigenvalue weighted by molar-refractivity contribution is 7.09. The second kappa shape index (κ2) is 15.4. The minimum atomic E-state index is -0.862. The largest absolute Gasteiger partial charge is 0.497 e. The Morgan fingerprint density at radius 2 is 1.85 bits per heavy atom. The zero-order valence-corrected chi connectivity index (χ0v) is 24.1. The number of benzene rings is 2. The molecule has 1 aromatic heterocycles. The third-order valence-electron chi connectivity index (χ3n) is 6.34. The lowest BCUT2D eigenvalue weighted by Crippen LogP contribution is -2.48. The number of thiazole rings is 1. The van der Waals surface area contributed by atoms with Gasteiger partial charge in [-0.05, 0) is 61.2 Å². The van der Waals surface area contributed by atoms with Crippen LogP contribution in [0.2, 0.25) is 0 Å². The van der Waals surface area contributed by atoms with E-state index in [0.29, 0.717) is 37.2 Å². The Balaban J connectivity index is 1.72. The van der Waals surface area contributed by atoms with Crippen LogP contribution in [0.1, 0.15) is 63.5 Å². The maximum absolute atomic E-state index is 13.4. The van der Waals surface area contributed by atoms with E-state index < -0.39 is 12.1 Å². The normalized spacial score (nSPS) is 12.5. The van der Waals surface area contributed by atoms with Gasteiger partial charge in [0.15, 0.2) is 0 Å². The number of carbonyl (C=O) groups excluding carboxylic acids is 2. The van der Waals surface area contributed by atoms with Crippen molar-refractivity contribution in [1.82, 2.24) is 20.5 Å². The van der Waals surface area contributed by atoms with Gasteiger partial charge in [0.25, 0.3) is 11.8 Å². The predicted octanol–water partition coefficient (Wildman–Crippen LogP) is 4.21. The quantitative estimate of drug-likeness (QED) is 0.261. The predicted molar refractivity (Wildman–Crippen MR) is 155 cm³/mol. The van der Waals surface area contributed by atoms with Crippen LogP contribution in [0.3, 0.4) is 0 Å². The summed E-state index contributed by atoms with van der Waals surface area (Å²) in [5, 5.41) is 20.1. The fraction of sp³-hybridized carbons (Fsp3) is 0.433. The first-order chi connectivity index (χ1) is 18.8. The van der Waals surface area contributed by atoms with E-state index in [0.717, 1.165) is 34.7 Å². The molecule has 9 heteroatoms. The lowest BCUT2D eigenvalue weighted by molar-refractivity contribution is 0.0755. The molecule has 0 bridgehead atoms. The molecule has 0 aliphatic carbocycles. The number of nitrogens with one attached hydrogen (secondary N) is 2. The molecule has 2 amide bonds. The Bertz CT molecular complexity index is 1200. The number of aryl methyl sites for hydroxylation is 1. The van der Waals surface area contributed by atoms with Crippen LogP contribution in [0.4, 0.5) is 0 Å². The highest BCUT2D eigenvalue weighted by atomic mass is 32.1. The number of carbonyl (C=O) groups is 2. The van der Waals surface area contributed by atoms with Gasteiger partial charge in [-0.2, -0.15) is 0 Å². The monoisotopic (exact) mass is 552 g/mol. The summed E-state index contributed by atoms with van der Waals surface area (Å²) in [6, 6.07) is 12.4. The smallest absolute Gasteiger partial charge is 0.253 e. The maximum atomic E-state index is 13.4. The molecule has 1 heterocycles. The molecule has 0 aliphatic rings. The zero-order chi connectivity index (χ0) is 28.2. The second-order valence-corrected chi connectivity index (χ2v) is 10.6. The van der Waals surface area contributed by atoms with E-state index in [1.807, 2.05) is 61.4 Å². The van der Waals surface area contributed by atoms with Gasteiger partial charge in [0.05, 0.1) is 24.3 Å². The van der Waals surface area contributed by atoms with Gasteiger partial charge in [-0.3, -0.25) is 9.59 Å². The second-order valence-electron chi connectivity index (χ2n) is 9.64. The number of hydrogen-bond donors (Lipinski definition) is 3. The fourth-order valence-electron chi connectivity index (χ4n) is 4.44. The molecule has 0 spiro atoms. The maximum Gasteiger partial charge on any atom is 0.253 e. The third kappa shape index (κ3) is 9.16. The van der Waals surface area contributed by atoms with Crippen molar-refractivity contribution in [2.45, 2.75) is 58.7 Å². The molecule has 0 radical (unpaired) electrons. The van der Waals surface area contributed by atoms with Crippen molar-refractivity contribution in [3.05, 3.63) is 81.3 Å². The number of methoxy groups -OCH3 is 1. The van der Waals surface area contributed by atoms with E-state index >= 15 is 0 Å². The van der Waals surface area contributed by atoms with E-state index in [9.17, 15) is 14.7 Å². The van der Waals surface area contributed by atoms with Gasteiger partial charge < -0.3 is 25.4 Å². The van der Waals surface area contributed by atoms with Crippen molar-refractivity contribution >= 4 is 23.2 Å². The molecular weight excluding hydrogens is 512 g/mol. The summed E-state index contributed by atoms with van der Waals surface area (Å²) < 4.78 is 5.28. The molecule has 0 saturated carbocycles. The van der Waals surface area contributed by atoms with Gasteiger partial charge in [-0.25, -0.2) is 4.98 Å². The molecule has 2 aromatic carbocycles. The number of aliphatic hydroxyl groups is 1. The first-order valence-corrected chi connectivity index (χ1v) is 14.3. The van der Waals surface area contributed by atoms with Crippen LogP contribution < -0.4 is 15.4 Å². The Morgan fingerprint density at radius 1 is 1.10 bits per heavy atom. The summed E-state index contributed by atoms with van der Waals surface area (Å²) in [4.78, 5) is 32.8. The van der Waals surface area contributed by atoms with E-state index in [4.69, 9.17) is 4.74 Å². The van der Waals surface area contributed by atoms with E-state index in [1.165, 1.54) is 11.3 Å². The van der Waals surface area contributed by atoms with E-state index in [1.54, 1.807) is 25.4 Å². The summed E-state index contributed by atoms with van der Waals surface area (Å²) in [6.07, 6.45) is 2.98. The van der Waals surface area contributed by atoms with E-state index in [2.05, 4.69) is 15.6 Å². The molecule has 210 valence electrons. The number of nitrogens with zero attached hydrogens (tertiary/aromatic N) is 2. The van der Waals surface area contributed by atoms with Crippen molar-refractivity contribution in [3.8, 4) is 5.75 Å². The van der Waals surface area contributed by atoms with Crippen molar-refractivity contribution in [1.29, 1.82) is 0 Å². The Hall–Kier alpha value is -3.27. The third-order valence-corrected chi connectivity index (χ3v) is 7.14. The van der Waals surface area contributed by atoms with Crippen LogP contribution in [-0.2, 0) is 13.0 Å².